The maximum absolute atomic E-state index is 12.6. The topological polar surface area (TPSA) is 152 Å². The Morgan fingerprint density at radius 2 is 1.39 bits per heavy atom. The molecule has 0 spiro atoms. The summed E-state index contributed by atoms with van der Waals surface area (Å²) >= 11 is 0. The van der Waals surface area contributed by atoms with Crippen molar-refractivity contribution in [1.82, 2.24) is 0 Å². The molecule has 0 radical (unpaired) electrons. The highest BCUT2D eigenvalue weighted by molar-refractivity contribution is 6.06. The second kappa shape index (κ2) is 14.4. The van der Waals surface area contributed by atoms with Crippen LogP contribution in [0, 0.1) is 11.8 Å². The number of cyclic esters (lactones) is 4. The molecule has 11 nitrogen and oxygen atoms in total. The lowest BCUT2D eigenvalue weighted by Crippen LogP contribution is -2.31. The van der Waals surface area contributed by atoms with E-state index in [2.05, 4.69) is 0 Å². The molecule has 2 saturated heterocycles. The molecular formula is C40H32O11. The number of allylic oxidation sites excluding steroid dienone is 1. The fourth-order valence-corrected chi connectivity index (χ4v) is 6.71. The molecule has 4 aromatic carbocycles. The summed E-state index contributed by atoms with van der Waals surface area (Å²) < 4.78 is 27.0. The third kappa shape index (κ3) is 7.29. The highest BCUT2D eigenvalue weighted by Crippen LogP contribution is 2.51. The van der Waals surface area contributed by atoms with Gasteiger partial charge in [0.2, 0.25) is 6.79 Å². The van der Waals surface area contributed by atoms with Gasteiger partial charge < -0.3 is 28.8 Å². The molecule has 2 fully saturated rings. The fourth-order valence-electron chi connectivity index (χ4n) is 6.71. The number of rotatable bonds is 12. The molecule has 5 unspecified atom stereocenters. The second-order valence-corrected chi connectivity index (χ2v) is 12.5. The average Bonchev–Trinajstić information content (AvgIpc) is 3.64. The van der Waals surface area contributed by atoms with Crippen LogP contribution in [0.2, 0.25) is 0 Å². The number of carbonyl (C=O) groups excluding carboxylic acids is 5. The lowest BCUT2D eigenvalue weighted by atomic mass is 9.67. The summed E-state index contributed by atoms with van der Waals surface area (Å²) in [6.07, 6.45) is 2.36. The fraction of sp³-hybridized carbons (Fsp3) is 0.225. The Balaban J connectivity index is 0.920. The van der Waals surface area contributed by atoms with Crippen molar-refractivity contribution in [2.24, 2.45) is 11.8 Å². The van der Waals surface area contributed by atoms with Crippen LogP contribution in [-0.4, -0.2) is 48.2 Å². The first-order valence-electron chi connectivity index (χ1n) is 16.4. The number of hydrogen-bond donors (Lipinski definition) is 1. The predicted molar refractivity (Wildman–Crippen MR) is 180 cm³/mol. The van der Waals surface area contributed by atoms with E-state index in [-0.39, 0.29) is 32.0 Å². The molecular weight excluding hydrogens is 656 g/mol. The van der Waals surface area contributed by atoms with E-state index in [0.29, 0.717) is 39.5 Å². The van der Waals surface area contributed by atoms with E-state index >= 15 is 0 Å². The predicted octanol–water partition coefficient (Wildman–Crippen LogP) is 5.47. The van der Waals surface area contributed by atoms with E-state index in [1.807, 2.05) is 30.3 Å². The number of aliphatic hydroxyl groups excluding tert-OH is 1. The largest absolute Gasteiger partial charge is 0.491 e. The van der Waals surface area contributed by atoms with Crippen molar-refractivity contribution in [3.8, 4) is 17.2 Å². The van der Waals surface area contributed by atoms with Gasteiger partial charge in [-0.15, -0.1) is 0 Å². The molecule has 11 heteroatoms. The van der Waals surface area contributed by atoms with E-state index in [1.165, 1.54) is 6.08 Å². The SMILES string of the molecule is O=C1CC(C2CC3C(=O)OC(=O)C3c3cc(OCC(O)c4ccc(OCOc5ccc(C=CC(=O)c6ccccc6)cc5)cc4)ccc32)C(=O)O1. The highest BCUT2D eigenvalue weighted by atomic mass is 16.7. The van der Waals surface area contributed by atoms with Gasteiger partial charge in [-0.2, -0.15) is 0 Å². The lowest BCUT2D eigenvalue weighted by Gasteiger charge is -2.33. The van der Waals surface area contributed by atoms with Crippen molar-refractivity contribution in [3.63, 3.8) is 0 Å². The number of carbonyl (C=O) groups is 5. The minimum atomic E-state index is -1.00. The molecule has 1 aliphatic carbocycles. The van der Waals surface area contributed by atoms with Gasteiger partial charge in [0.25, 0.3) is 0 Å². The summed E-state index contributed by atoms with van der Waals surface area (Å²) in [5, 5.41) is 10.8. The normalized spacial score (nSPS) is 21.4. The average molecular weight is 689 g/mol. The van der Waals surface area contributed by atoms with Gasteiger partial charge in [0.1, 0.15) is 30.0 Å². The van der Waals surface area contributed by atoms with Gasteiger partial charge in [-0.3, -0.25) is 24.0 Å². The van der Waals surface area contributed by atoms with E-state index in [4.69, 9.17) is 23.7 Å². The smallest absolute Gasteiger partial charge is 0.321 e. The van der Waals surface area contributed by atoms with Gasteiger partial charge in [0.05, 0.1) is 24.2 Å². The number of fused-ring (bicyclic) bond motifs is 3. The van der Waals surface area contributed by atoms with Crippen LogP contribution in [0.1, 0.15) is 63.4 Å². The number of ether oxygens (including phenoxy) is 5. The molecule has 4 aromatic rings. The van der Waals surface area contributed by atoms with Gasteiger partial charge in [-0.05, 0) is 77.1 Å². The minimum Gasteiger partial charge on any atom is -0.491 e. The summed E-state index contributed by atoms with van der Waals surface area (Å²) in [5.41, 5.74) is 3.20. The third-order valence-corrected chi connectivity index (χ3v) is 9.34. The molecule has 0 amide bonds. The van der Waals surface area contributed by atoms with E-state index in [1.54, 1.807) is 72.8 Å². The van der Waals surface area contributed by atoms with Crippen LogP contribution in [0.15, 0.2) is 103 Å². The molecule has 7 rings (SSSR count). The van der Waals surface area contributed by atoms with Crippen LogP contribution in [-0.2, 0) is 28.7 Å². The van der Waals surface area contributed by atoms with E-state index in [9.17, 15) is 29.1 Å². The standard InChI is InChI=1S/C40H32O11/c41-34(24-4-2-1-3-5-24)17-8-23-6-11-26(12-7-23)48-22-49-27-13-9-25(10-14-27)35(42)21-47-28-15-16-29-30(32-20-36(43)50-38(32)44)19-33-37(31(29)18-28)40(46)51-39(33)45/h1-18,30,32-33,35,37,42H,19-22H2. The van der Waals surface area contributed by atoms with Crippen LogP contribution < -0.4 is 14.2 Å². The Kier molecular flexibility index (Phi) is 9.45. The molecule has 2 heterocycles. The van der Waals surface area contributed by atoms with Gasteiger partial charge >= 0.3 is 23.9 Å². The van der Waals surface area contributed by atoms with Crippen LogP contribution in [0.3, 0.4) is 0 Å². The number of hydrogen-bond acceptors (Lipinski definition) is 11. The zero-order valence-electron chi connectivity index (χ0n) is 27.1. The van der Waals surface area contributed by atoms with Crippen LogP contribution in [0.4, 0.5) is 0 Å². The Bertz CT molecular complexity index is 2000. The second-order valence-electron chi connectivity index (χ2n) is 12.5. The van der Waals surface area contributed by atoms with Crippen LogP contribution in [0.25, 0.3) is 6.08 Å². The molecule has 0 bridgehead atoms. The molecule has 5 atom stereocenters. The zero-order chi connectivity index (χ0) is 35.5. The first kappa shape index (κ1) is 33.4. The number of esters is 4. The quantitative estimate of drug-likeness (QED) is 0.0663. The van der Waals surface area contributed by atoms with Gasteiger partial charge in [-0.25, -0.2) is 0 Å². The van der Waals surface area contributed by atoms with Crippen molar-refractivity contribution in [2.45, 2.75) is 30.8 Å². The Morgan fingerprint density at radius 3 is 2.08 bits per heavy atom. The summed E-state index contributed by atoms with van der Waals surface area (Å²) in [6, 6.07) is 28.1. The Hall–Kier alpha value is -6.07. The van der Waals surface area contributed by atoms with Gasteiger partial charge in [-0.1, -0.05) is 66.7 Å². The number of ketones is 1. The van der Waals surface area contributed by atoms with Crippen molar-refractivity contribution < 1.29 is 52.8 Å². The third-order valence-electron chi connectivity index (χ3n) is 9.34. The molecule has 258 valence electrons. The molecule has 2 aliphatic heterocycles. The lowest BCUT2D eigenvalue weighted by molar-refractivity contribution is -0.155. The number of benzene rings is 4. The summed E-state index contributed by atoms with van der Waals surface area (Å²) in [6.45, 7) is -0.164. The van der Waals surface area contributed by atoms with Crippen molar-refractivity contribution in [2.75, 3.05) is 13.4 Å². The molecule has 3 aliphatic rings. The molecule has 1 N–H and O–H groups in total. The van der Waals surface area contributed by atoms with Crippen molar-refractivity contribution in [1.29, 1.82) is 0 Å². The summed E-state index contributed by atoms with van der Waals surface area (Å²) in [7, 11) is 0. The van der Waals surface area contributed by atoms with Crippen LogP contribution >= 0.6 is 0 Å². The maximum Gasteiger partial charge on any atom is 0.321 e. The molecule has 0 aromatic heterocycles. The maximum atomic E-state index is 12.6. The Morgan fingerprint density at radius 1 is 0.725 bits per heavy atom. The monoisotopic (exact) mass is 688 g/mol. The minimum absolute atomic E-state index is 0.0505. The van der Waals surface area contributed by atoms with Gasteiger partial charge in [0.15, 0.2) is 5.78 Å². The highest BCUT2D eigenvalue weighted by Gasteiger charge is 2.53. The van der Waals surface area contributed by atoms with Crippen molar-refractivity contribution >= 4 is 35.7 Å². The van der Waals surface area contributed by atoms with E-state index < -0.39 is 53.7 Å². The number of aliphatic hydroxyl groups is 1. The molecule has 51 heavy (non-hydrogen) atoms. The molecule has 0 saturated carbocycles. The summed E-state index contributed by atoms with van der Waals surface area (Å²) in [4.78, 5) is 61.7. The first-order valence-corrected chi connectivity index (χ1v) is 16.4. The van der Waals surface area contributed by atoms with Crippen LogP contribution in [0.5, 0.6) is 17.2 Å². The van der Waals surface area contributed by atoms with Crippen molar-refractivity contribution in [3.05, 3.63) is 131 Å². The van der Waals surface area contributed by atoms with Gasteiger partial charge in [0, 0.05) is 5.56 Å². The Labute approximate surface area is 292 Å². The zero-order valence-corrected chi connectivity index (χ0v) is 27.1. The van der Waals surface area contributed by atoms with E-state index in [0.717, 1.165) is 5.56 Å². The first-order chi connectivity index (χ1) is 24.7. The summed E-state index contributed by atoms with van der Waals surface area (Å²) in [5.74, 6) is -4.09.